The number of nitrogens with zero attached hydrogens (tertiary/aromatic N) is 2. The van der Waals surface area contributed by atoms with Gasteiger partial charge in [-0.2, -0.15) is 5.10 Å². The molecule has 3 aromatic carbocycles. The lowest BCUT2D eigenvalue weighted by Gasteiger charge is -2.36. The standard InChI is InChI=1S/C30H29N3O2/c34-30-28-26(27(31-32-28)22-12-6-2-7-13-22)29(33(30)24-14-8-3-9-15-24)23-16-18-25(19-17-23)35-20-21-10-4-1-5-11-21/h1-2,4-7,10-13,16-19,24,29H,3,8-9,14-15,20H2,(H,31,32). The zero-order valence-electron chi connectivity index (χ0n) is 19.7. The van der Waals surface area contributed by atoms with E-state index < -0.39 is 0 Å². The number of carbonyl (C=O) groups is 1. The third-order valence-corrected chi connectivity index (χ3v) is 7.26. The Morgan fingerprint density at radius 3 is 2.26 bits per heavy atom. The van der Waals surface area contributed by atoms with Gasteiger partial charge in [0, 0.05) is 17.2 Å². The molecule has 6 rings (SSSR count). The van der Waals surface area contributed by atoms with E-state index in [-0.39, 0.29) is 18.0 Å². The first-order chi connectivity index (χ1) is 17.3. The van der Waals surface area contributed by atoms with Crippen LogP contribution in [0.15, 0.2) is 84.9 Å². The number of hydrogen-bond acceptors (Lipinski definition) is 3. The van der Waals surface area contributed by atoms with Gasteiger partial charge in [0.15, 0.2) is 0 Å². The van der Waals surface area contributed by atoms with Crippen molar-refractivity contribution in [2.75, 3.05) is 0 Å². The summed E-state index contributed by atoms with van der Waals surface area (Å²) in [5.74, 6) is 0.887. The van der Waals surface area contributed by atoms with E-state index in [0.717, 1.165) is 46.5 Å². The number of benzene rings is 3. The summed E-state index contributed by atoms with van der Waals surface area (Å²) in [5, 5.41) is 7.68. The predicted octanol–water partition coefficient (Wildman–Crippen LogP) is 6.53. The number of hydrogen-bond donors (Lipinski definition) is 1. The molecule has 4 aromatic rings. The molecule has 1 saturated carbocycles. The number of ether oxygens (including phenoxy) is 1. The van der Waals surface area contributed by atoms with Crippen molar-refractivity contribution in [1.29, 1.82) is 0 Å². The second-order valence-electron chi connectivity index (χ2n) is 9.48. The van der Waals surface area contributed by atoms with E-state index in [1.165, 1.54) is 19.3 Å². The largest absolute Gasteiger partial charge is 0.489 e. The molecule has 1 aliphatic heterocycles. The third kappa shape index (κ3) is 4.12. The van der Waals surface area contributed by atoms with Crippen LogP contribution in [0.1, 0.15) is 65.3 Å². The van der Waals surface area contributed by atoms with Gasteiger partial charge in [0.2, 0.25) is 0 Å². The van der Waals surface area contributed by atoms with Crippen molar-refractivity contribution in [3.63, 3.8) is 0 Å². The lowest BCUT2D eigenvalue weighted by atomic mass is 9.91. The van der Waals surface area contributed by atoms with Crippen LogP contribution in [0.3, 0.4) is 0 Å². The maximum atomic E-state index is 13.7. The van der Waals surface area contributed by atoms with Crippen LogP contribution in [0.2, 0.25) is 0 Å². The van der Waals surface area contributed by atoms with E-state index in [2.05, 4.69) is 51.5 Å². The molecular formula is C30H29N3O2. The molecule has 1 aromatic heterocycles. The second kappa shape index (κ2) is 9.41. The molecule has 1 aliphatic carbocycles. The maximum Gasteiger partial charge on any atom is 0.273 e. The van der Waals surface area contributed by atoms with Gasteiger partial charge in [0.1, 0.15) is 18.1 Å². The Labute approximate surface area is 205 Å². The van der Waals surface area contributed by atoms with Gasteiger partial charge in [-0.15, -0.1) is 0 Å². The van der Waals surface area contributed by atoms with Crippen molar-refractivity contribution in [3.8, 4) is 17.0 Å². The predicted molar refractivity (Wildman–Crippen MR) is 136 cm³/mol. The molecule has 1 unspecified atom stereocenters. The number of carbonyl (C=O) groups excluding carboxylic acids is 1. The van der Waals surface area contributed by atoms with Crippen LogP contribution in [-0.2, 0) is 6.61 Å². The minimum Gasteiger partial charge on any atom is -0.489 e. The second-order valence-corrected chi connectivity index (χ2v) is 9.48. The average molecular weight is 464 g/mol. The van der Waals surface area contributed by atoms with Crippen molar-refractivity contribution in [2.45, 2.75) is 50.8 Å². The summed E-state index contributed by atoms with van der Waals surface area (Å²) >= 11 is 0. The quantitative estimate of drug-likeness (QED) is 0.353. The normalized spacial score (nSPS) is 18.0. The molecule has 5 heteroatoms. The van der Waals surface area contributed by atoms with Crippen molar-refractivity contribution in [3.05, 3.63) is 107 Å². The molecule has 0 radical (unpaired) electrons. The van der Waals surface area contributed by atoms with E-state index in [9.17, 15) is 4.79 Å². The van der Waals surface area contributed by atoms with Gasteiger partial charge in [0.05, 0.1) is 11.7 Å². The molecule has 1 N–H and O–H groups in total. The van der Waals surface area contributed by atoms with Gasteiger partial charge in [-0.3, -0.25) is 9.89 Å². The summed E-state index contributed by atoms with van der Waals surface area (Å²) in [4.78, 5) is 15.8. The number of H-pyrrole nitrogens is 1. The Morgan fingerprint density at radius 1 is 0.857 bits per heavy atom. The molecular weight excluding hydrogens is 434 g/mol. The first-order valence-corrected chi connectivity index (χ1v) is 12.5. The lowest BCUT2D eigenvalue weighted by Crippen LogP contribution is -2.40. The highest BCUT2D eigenvalue weighted by atomic mass is 16.5. The monoisotopic (exact) mass is 463 g/mol. The molecule has 5 nitrogen and oxygen atoms in total. The molecule has 2 aliphatic rings. The topological polar surface area (TPSA) is 58.2 Å². The number of aromatic amines is 1. The highest BCUT2D eigenvalue weighted by molar-refractivity contribution is 6.00. The van der Waals surface area contributed by atoms with E-state index >= 15 is 0 Å². The van der Waals surface area contributed by atoms with Crippen molar-refractivity contribution in [1.82, 2.24) is 15.1 Å². The minimum absolute atomic E-state index is 0.0657. The zero-order chi connectivity index (χ0) is 23.6. The van der Waals surface area contributed by atoms with Gasteiger partial charge < -0.3 is 9.64 Å². The Hall–Kier alpha value is -3.86. The van der Waals surface area contributed by atoms with Crippen LogP contribution >= 0.6 is 0 Å². The molecule has 0 bridgehead atoms. The maximum absolute atomic E-state index is 13.7. The highest BCUT2D eigenvalue weighted by Gasteiger charge is 2.45. The number of amides is 1. The van der Waals surface area contributed by atoms with Gasteiger partial charge >= 0.3 is 0 Å². The Bertz CT molecular complexity index is 1290. The average Bonchev–Trinajstić information content (AvgIpc) is 3.48. The minimum atomic E-state index is -0.155. The summed E-state index contributed by atoms with van der Waals surface area (Å²) in [7, 11) is 0. The van der Waals surface area contributed by atoms with E-state index in [0.29, 0.717) is 12.3 Å². The number of aromatic nitrogens is 2. The van der Waals surface area contributed by atoms with Gasteiger partial charge in [-0.05, 0) is 36.1 Å². The fourth-order valence-corrected chi connectivity index (χ4v) is 5.53. The van der Waals surface area contributed by atoms with Crippen LogP contribution in [0, 0.1) is 0 Å². The fraction of sp³-hybridized carbons (Fsp3) is 0.267. The highest BCUT2D eigenvalue weighted by Crippen LogP contribution is 2.45. The van der Waals surface area contributed by atoms with E-state index in [1.54, 1.807) is 0 Å². The Morgan fingerprint density at radius 2 is 1.54 bits per heavy atom. The van der Waals surface area contributed by atoms with E-state index in [4.69, 9.17) is 4.74 Å². The van der Waals surface area contributed by atoms with Gasteiger partial charge in [0.25, 0.3) is 5.91 Å². The molecule has 1 atom stereocenters. The number of nitrogens with one attached hydrogen (secondary N) is 1. The zero-order valence-corrected chi connectivity index (χ0v) is 19.7. The van der Waals surface area contributed by atoms with Crippen LogP contribution in [0.5, 0.6) is 5.75 Å². The van der Waals surface area contributed by atoms with Crippen molar-refractivity contribution < 1.29 is 9.53 Å². The van der Waals surface area contributed by atoms with Crippen molar-refractivity contribution in [2.24, 2.45) is 0 Å². The summed E-state index contributed by atoms with van der Waals surface area (Å²) < 4.78 is 6.02. The molecule has 2 heterocycles. The van der Waals surface area contributed by atoms with Gasteiger partial charge in [-0.25, -0.2) is 0 Å². The summed E-state index contributed by atoms with van der Waals surface area (Å²) in [6, 6.07) is 28.6. The Kier molecular flexibility index (Phi) is 5.83. The molecule has 1 fully saturated rings. The summed E-state index contributed by atoms with van der Waals surface area (Å²) in [6.07, 6.45) is 5.70. The summed E-state index contributed by atoms with van der Waals surface area (Å²) in [6.45, 7) is 0.528. The van der Waals surface area contributed by atoms with Crippen LogP contribution in [0.4, 0.5) is 0 Å². The summed E-state index contributed by atoms with van der Waals surface area (Å²) in [5.41, 5.74) is 5.73. The molecule has 35 heavy (non-hydrogen) atoms. The fourth-order valence-electron chi connectivity index (χ4n) is 5.53. The lowest BCUT2D eigenvalue weighted by molar-refractivity contribution is 0.0606. The number of rotatable bonds is 6. The van der Waals surface area contributed by atoms with E-state index in [1.807, 2.05) is 48.5 Å². The van der Waals surface area contributed by atoms with Crippen LogP contribution in [-0.4, -0.2) is 27.0 Å². The Balaban J connectivity index is 1.35. The van der Waals surface area contributed by atoms with Crippen LogP contribution in [0.25, 0.3) is 11.3 Å². The molecule has 0 spiro atoms. The molecule has 176 valence electrons. The number of fused-ring (bicyclic) bond motifs is 1. The third-order valence-electron chi connectivity index (χ3n) is 7.26. The van der Waals surface area contributed by atoms with Crippen molar-refractivity contribution >= 4 is 5.91 Å². The SMILES string of the molecule is O=C1c2[nH]nc(-c3ccccc3)c2C(c2ccc(OCc3ccccc3)cc2)N1C1CCCCC1. The first-order valence-electron chi connectivity index (χ1n) is 12.5. The first kappa shape index (κ1) is 21.7. The molecule has 0 saturated heterocycles. The molecule has 1 amide bonds. The smallest absolute Gasteiger partial charge is 0.273 e. The van der Waals surface area contributed by atoms with Gasteiger partial charge in [-0.1, -0.05) is 92.1 Å². The van der Waals surface area contributed by atoms with Crippen LogP contribution < -0.4 is 4.74 Å².